The Labute approximate surface area is 138 Å². The summed E-state index contributed by atoms with van der Waals surface area (Å²) in [6.07, 6.45) is 1.41. The van der Waals surface area contributed by atoms with Gasteiger partial charge in [-0.3, -0.25) is 9.59 Å². The highest BCUT2D eigenvalue weighted by Crippen LogP contribution is 2.33. The molecule has 0 saturated carbocycles. The van der Waals surface area contributed by atoms with E-state index in [9.17, 15) is 19.8 Å². The summed E-state index contributed by atoms with van der Waals surface area (Å²) in [5.41, 5.74) is 3.63. The molecule has 0 aliphatic heterocycles. The fourth-order valence-corrected chi connectivity index (χ4v) is 2.61. The number of aromatic hydroxyl groups is 2. The van der Waals surface area contributed by atoms with Gasteiger partial charge in [0, 0.05) is 11.1 Å². The Morgan fingerprint density at radius 1 is 0.583 bits per heavy atom. The van der Waals surface area contributed by atoms with E-state index >= 15 is 0 Å². The van der Waals surface area contributed by atoms with Crippen LogP contribution in [0.15, 0.2) is 60.7 Å². The summed E-state index contributed by atoms with van der Waals surface area (Å²) < 4.78 is 0. The Bertz CT molecular complexity index is 821. The molecule has 0 heterocycles. The van der Waals surface area contributed by atoms with Crippen LogP contribution < -0.4 is 0 Å². The SMILES string of the molecule is O=Cc1cc(C=O)c(-c2ccc(O)cc2)cc1-c1ccc(O)cc1. The summed E-state index contributed by atoms with van der Waals surface area (Å²) in [5.74, 6) is 0.268. The van der Waals surface area contributed by atoms with Crippen molar-refractivity contribution in [2.24, 2.45) is 0 Å². The molecule has 0 atom stereocenters. The van der Waals surface area contributed by atoms with Crippen LogP contribution >= 0.6 is 0 Å². The van der Waals surface area contributed by atoms with Gasteiger partial charge in [0.2, 0.25) is 0 Å². The van der Waals surface area contributed by atoms with Gasteiger partial charge in [-0.2, -0.15) is 0 Å². The van der Waals surface area contributed by atoms with Crippen molar-refractivity contribution >= 4 is 12.6 Å². The standard InChI is InChI=1S/C20H14O4/c21-11-15-9-16(12-22)20(14-3-7-18(24)8-4-14)10-19(15)13-1-5-17(23)6-2-13/h1-12,23-24H. The number of carbonyl (C=O) groups excluding carboxylic acids is 2. The molecule has 3 rings (SSSR count). The maximum absolute atomic E-state index is 11.4. The summed E-state index contributed by atoms with van der Waals surface area (Å²) in [4.78, 5) is 22.9. The minimum atomic E-state index is 0.134. The van der Waals surface area contributed by atoms with Crippen LogP contribution in [0.3, 0.4) is 0 Å². The second-order valence-electron chi connectivity index (χ2n) is 5.36. The third-order valence-electron chi connectivity index (χ3n) is 3.83. The number of phenols is 2. The summed E-state index contributed by atoms with van der Waals surface area (Å²) in [7, 11) is 0. The molecule has 3 aromatic rings. The van der Waals surface area contributed by atoms with Gasteiger partial charge in [-0.15, -0.1) is 0 Å². The first kappa shape index (κ1) is 15.5. The van der Waals surface area contributed by atoms with E-state index in [-0.39, 0.29) is 11.5 Å². The van der Waals surface area contributed by atoms with E-state index in [2.05, 4.69) is 0 Å². The van der Waals surface area contributed by atoms with Crippen LogP contribution in [-0.2, 0) is 0 Å². The van der Waals surface area contributed by atoms with Gasteiger partial charge in [0.25, 0.3) is 0 Å². The molecular weight excluding hydrogens is 304 g/mol. The van der Waals surface area contributed by atoms with Crippen LogP contribution in [0.2, 0.25) is 0 Å². The van der Waals surface area contributed by atoms with Crippen LogP contribution in [-0.4, -0.2) is 22.8 Å². The molecule has 0 aromatic heterocycles. The lowest BCUT2D eigenvalue weighted by Gasteiger charge is -2.12. The van der Waals surface area contributed by atoms with Gasteiger partial charge < -0.3 is 10.2 Å². The number of phenolic OH excluding ortho intramolecular Hbond substituents is 2. The van der Waals surface area contributed by atoms with Crippen LogP contribution in [0.25, 0.3) is 22.3 Å². The first-order valence-corrected chi connectivity index (χ1v) is 7.29. The minimum Gasteiger partial charge on any atom is -0.508 e. The fraction of sp³-hybridized carbons (Fsp3) is 0. The Kier molecular flexibility index (Phi) is 4.12. The molecule has 3 aromatic carbocycles. The van der Waals surface area contributed by atoms with Crippen molar-refractivity contribution in [2.75, 3.05) is 0 Å². The molecule has 118 valence electrons. The van der Waals surface area contributed by atoms with Crippen molar-refractivity contribution in [3.05, 3.63) is 71.8 Å². The lowest BCUT2D eigenvalue weighted by molar-refractivity contribution is 0.112. The minimum absolute atomic E-state index is 0.134. The third kappa shape index (κ3) is 2.90. The Hall–Kier alpha value is -3.40. The average molecular weight is 318 g/mol. The number of hydrogen-bond donors (Lipinski definition) is 2. The quantitative estimate of drug-likeness (QED) is 0.711. The molecule has 0 unspecified atom stereocenters. The number of aldehydes is 2. The van der Waals surface area contributed by atoms with Crippen LogP contribution in [0.4, 0.5) is 0 Å². The van der Waals surface area contributed by atoms with E-state index < -0.39 is 0 Å². The second-order valence-corrected chi connectivity index (χ2v) is 5.36. The third-order valence-corrected chi connectivity index (χ3v) is 3.83. The molecule has 0 spiro atoms. The zero-order chi connectivity index (χ0) is 17.1. The Morgan fingerprint density at radius 3 is 1.29 bits per heavy atom. The molecule has 4 nitrogen and oxygen atoms in total. The van der Waals surface area contributed by atoms with Gasteiger partial charge >= 0.3 is 0 Å². The van der Waals surface area contributed by atoms with Crippen LogP contribution in [0.5, 0.6) is 11.5 Å². The number of carbonyl (C=O) groups is 2. The summed E-state index contributed by atoms with van der Waals surface area (Å²) >= 11 is 0. The zero-order valence-corrected chi connectivity index (χ0v) is 12.6. The molecule has 0 saturated heterocycles. The van der Waals surface area contributed by atoms with Crippen molar-refractivity contribution in [2.45, 2.75) is 0 Å². The molecular formula is C20H14O4. The van der Waals surface area contributed by atoms with Gasteiger partial charge in [-0.05, 0) is 58.7 Å². The van der Waals surface area contributed by atoms with Gasteiger partial charge in [-0.1, -0.05) is 24.3 Å². The van der Waals surface area contributed by atoms with Gasteiger partial charge in [0.05, 0.1) is 0 Å². The van der Waals surface area contributed by atoms with E-state index in [1.807, 2.05) is 0 Å². The smallest absolute Gasteiger partial charge is 0.150 e. The zero-order valence-electron chi connectivity index (χ0n) is 12.6. The van der Waals surface area contributed by atoms with E-state index in [1.165, 1.54) is 24.3 Å². The summed E-state index contributed by atoms with van der Waals surface area (Å²) in [6.45, 7) is 0. The van der Waals surface area contributed by atoms with E-state index in [4.69, 9.17) is 0 Å². The lowest BCUT2D eigenvalue weighted by atomic mass is 9.91. The van der Waals surface area contributed by atoms with Gasteiger partial charge in [0.1, 0.15) is 11.5 Å². The molecule has 0 bridgehead atoms. The van der Waals surface area contributed by atoms with E-state index in [0.717, 1.165) is 11.1 Å². The largest absolute Gasteiger partial charge is 0.508 e. The first-order valence-electron chi connectivity index (χ1n) is 7.29. The highest BCUT2D eigenvalue weighted by atomic mass is 16.3. The highest BCUT2D eigenvalue weighted by molar-refractivity contribution is 5.97. The van der Waals surface area contributed by atoms with Crippen LogP contribution in [0, 0.1) is 0 Å². The van der Waals surface area contributed by atoms with Crippen molar-refractivity contribution in [1.29, 1.82) is 0 Å². The average Bonchev–Trinajstić information content (AvgIpc) is 2.62. The van der Waals surface area contributed by atoms with Gasteiger partial charge in [0.15, 0.2) is 12.6 Å². The monoisotopic (exact) mass is 318 g/mol. The molecule has 0 aliphatic rings. The van der Waals surface area contributed by atoms with Crippen molar-refractivity contribution < 1.29 is 19.8 Å². The molecule has 2 N–H and O–H groups in total. The first-order chi connectivity index (χ1) is 11.6. The molecule has 0 fully saturated rings. The van der Waals surface area contributed by atoms with Crippen molar-refractivity contribution in [3.8, 4) is 33.8 Å². The normalized spacial score (nSPS) is 10.3. The fourth-order valence-electron chi connectivity index (χ4n) is 2.61. The van der Waals surface area contributed by atoms with E-state index in [0.29, 0.717) is 34.8 Å². The second kappa shape index (κ2) is 6.38. The molecule has 24 heavy (non-hydrogen) atoms. The summed E-state index contributed by atoms with van der Waals surface area (Å²) in [6, 6.07) is 16.3. The number of hydrogen-bond acceptors (Lipinski definition) is 4. The molecule has 0 aliphatic carbocycles. The molecule has 0 radical (unpaired) electrons. The topological polar surface area (TPSA) is 74.6 Å². The maximum atomic E-state index is 11.4. The molecule has 4 heteroatoms. The number of benzene rings is 3. The summed E-state index contributed by atoms with van der Waals surface area (Å²) in [5, 5.41) is 18.9. The number of rotatable bonds is 4. The predicted molar refractivity (Wildman–Crippen MR) is 91.4 cm³/mol. The van der Waals surface area contributed by atoms with E-state index in [1.54, 1.807) is 36.4 Å². The maximum Gasteiger partial charge on any atom is 0.150 e. The lowest BCUT2D eigenvalue weighted by Crippen LogP contribution is -1.95. The van der Waals surface area contributed by atoms with Crippen molar-refractivity contribution in [1.82, 2.24) is 0 Å². The van der Waals surface area contributed by atoms with Gasteiger partial charge in [-0.25, -0.2) is 0 Å². The predicted octanol–water partition coefficient (Wildman–Crippen LogP) is 4.06. The van der Waals surface area contributed by atoms with Crippen LogP contribution in [0.1, 0.15) is 20.7 Å². The highest BCUT2D eigenvalue weighted by Gasteiger charge is 2.12. The molecule has 0 amide bonds. The Balaban J connectivity index is 2.23. The van der Waals surface area contributed by atoms with Crippen molar-refractivity contribution in [3.63, 3.8) is 0 Å². The Morgan fingerprint density at radius 2 is 0.958 bits per heavy atom.